The standard InChI is InChI=1S/C15H28N4O.HI/c1-16-14(17-9-13-3-6-18(2)10-13)19-7-4-15(11-19)5-8-20-12-15;/h13H,3-12H2,1-2H3,(H,16,17);1H. The lowest BCUT2D eigenvalue weighted by Crippen LogP contribution is -2.43. The summed E-state index contributed by atoms with van der Waals surface area (Å²) in [7, 11) is 4.11. The van der Waals surface area contributed by atoms with Crippen molar-refractivity contribution in [3.8, 4) is 0 Å². The van der Waals surface area contributed by atoms with E-state index < -0.39 is 0 Å². The number of ether oxygens (including phenoxy) is 1. The topological polar surface area (TPSA) is 40.1 Å². The molecule has 0 amide bonds. The van der Waals surface area contributed by atoms with Crippen LogP contribution in [0, 0.1) is 11.3 Å². The highest BCUT2D eigenvalue weighted by atomic mass is 127. The zero-order chi connectivity index (χ0) is 14.0. The molecule has 0 aromatic carbocycles. The van der Waals surface area contributed by atoms with Gasteiger partial charge >= 0.3 is 0 Å². The van der Waals surface area contributed by atoms with Crippen molar-refractivity contribution in [3.05, 3.63) is 0 Å². The minimum Gasteiger partial charge on any atom is -0.381 e. The summed E-state index contributed by atoms with van der Waals surface area (Å²) in [5.74, 6) is 1.85. The zero-order valence-corrected chi connectivity index (χ0v) is 15.6. The molecule has 0 bridgehead atoms. The molecule has 21 heavy (non-hydrogen) atoms. The normalized spacial score (nSPS) is 33.7. The predicted molar refractivity (Wildman–Crippen MR) is 96.4 cm³/mol. The van der Waals surface area contributed by atoms with Crippen LogP contribution in [0.15, 0.2) is 4.99 Å². The Kier molecular flexibility index (Phi) is 6.14. The Balaban J connectivity index is 0.00000161. The summed E-state index contributed by atoms with van der Waals surface area (Å²) >= 11 is 0. The van der Waals surface area contributed by atoms with Crippen LogP contribution in [0.4, 0.5) is 0 Å². The van der Waals surface area contributed by atoms with Gasteiger partial charge in [0.1, 0.15) is 0 Å². The first-order valence-electron chi connectivity index (χ1n) is 7.93. The molecule has 5 nitrogen and oxygen atoms in total. The quantitative estimate of drug-likeness (QED) is 0.424. The molecule has 1 N–H and O–H groups in total. The number of likely N-dealkylation sites (tertiary alicyclic amines) is 2. The molecule has 0 aromatic rings. The fraction of sp³-hybridized carbons (Fsp3) is 0.933. The molecule has 3 aliphatic heterocycles. The van der Waals surface area contributed by atoms with Crippen LogP contribution in [0.25, 0.3) is 0 Å². The molecule has 3 fully saturated rings. The number of rotatable bonds is 2. The van der Waals surface area contributed by atoms with Crippen LogP contribution < -0.4 is 5.32 Å². The largest absolute Gasteiger partial charge is 0.381 e. The van der Waals surface area contributed by atoms with Crippen LogP contribution in [0.2, 0.25) is 0 Å². The lowest BCUT2D eigenvalue weighted by atomic mass is 9.87. The predicted octanol–water partition coefficient (Wildman–Crippen LogP) is 1.24. The smallest absolute Gasteiger partial charge is 0.193 e. The number of aliphatic imine (C=N–C) groups is 1. The fourth-order valence-corrected chi connectivity index (χ4v) is 3.85. The van der Waals surface area contributed by atoms with E-state index in [9.17, 15) is 0 Å². The highest BCUT2D eigenvalue weighted by Crippen LogP contribution is 2.38. The molecule has 122 valence electrons. The number of hydrogen-bond donors (Lipinski definition) is 1. The molecule has 3 rings (SSSR count). The van der Waals surface area contributed by atoms with E-state index in [-0.39, 0.29) is 24.0 Å². The number of hydrogen-bond acceptors (Lipinski definition) is 3. The third-order valence-electron chi connectivity index (χ3n) is 5.17. The number of guanidine groups is 1. The second-order valence-electron chi connectivity index (χ2n) is 6.82. The molecule has 0 aromatic heterocycles. The first kappa shape index (κ1) is 17.3. The Hall–Kier alpha value is -0.0800. The third kappa shape index (κ3) is 4.01. The van der Waals surface area contributed by atoms with Gasteiger partial charge in [-0.1, -0.05) is 0 Å². The summed E-state index contributed by atoms with van der Waals surface area (Å²) in [6.45, 7) is 7.60. The first-order chi connectivity index (χ1) is 9.71. The lowest BCUT2D eigenvalue weighted by molar-refractivity contribution is 0.156. The average Bonchev–Trinajstić information content (AvgIpc) is 3.15. The molecule has 3 aliphatic rings. The Morgan fingerprint density at radius 2 is 2.24 bits per heavy atom. The van der Waals surface area contributed by atoms with Gasteiger partial charge in [-0.05, 0) is 38.8 Å². The SMILES string of the molecule is CN=C(NCC1CCN(C)C1)N1CCC2(CCOC2)C1.I. The minimum atomic E-state index is 0. The Bertz CT molecular complexity index is 371. The van der Waals surface area contributed by atoms with Crippen LogP contribution >= 0.6 is 24.0 Å². The van der Waals surface area contributed by atoms with Crippen LogP contribution in [-0.2, 0) is 4.74 Å². The van der Waals surface area contributed by atoms with Gasteiger partial charge in [-0.3, -0.25) is 4.99 Å². The Morgan fingerprint density at radius 3 is 2.86 bits per heavy atom. The van der Waals surface area contributed by atoms with Crippen LogP contribution in [0.3, 0.4) is 0 Å². The fourth-order valence-electron chi connectivity index (χ4n) is 3.85. The average molecular weight is 408 g/mol. The van der Waals surface area contributed by atoms with Gasteiger partial charge in [0.2, 0.25) is 0 Å². The molecule has 2 unspecified atom stereocenters. The second kappa shape index (κ2) is 7.46. The maximum Gasteiger partial charge on any atom is 0.193 e. The van der Waals surface area contributed by atoms with E-state index in [0.29, 0.717) is 5.41 Å². The maximum atomic E-state index is 5.60. The molecule has 0 saturated carbocycles. The van der Waals surface area contributed by atoms with Crippen molar-refractivity contribution in [1.82, 2.24) is 15.1 Å². The minimum absolute atomic E-state index is 0. The van der Waals surface area contributed by atoms with Gasteiger partial charge in [-0.25, -0.2) is 0 Å². The van der Waals surface area contributed by atoms with E-state index in [1.807, 2.05) is 7.05 Å². The third-order valence-corrected chi connectivity index (χ3v) is 5.17. The molecule has 2 atom stereocenters. The molecule has 3 saturated heterocycles. The molecular weight excluding hydrogens is 379 g/mol. The van der Waals surface area contributed by atoms with Crippen molar-refractivity contribution in [3.63, 3.8) is 0 Å². The van der Waals surface area contributed by atoms with E-state index >= 15 is 0 Å². The maximum absolute atomic E-state index is 5.60. The van der Waals surface area contributed by atoms with Gasteiger partial charge in [0, 0.05) is 45.2 Å². The first-order valence-corrected chi connectivity index (χ1v) is 7.93. The van der Waals surface area contributed by atoms with Crippen molar-refractivity contribution in [2.45, 2.75) is 19.3 Å². The second-order valence-corrected chi connectivity index (χ2v) is 6.82. The summed E-state index contributed by atoms with van der Waals surface area (Å²) in [4.78, 5) is 9.32. The summed E-state index contributed by atoms with van der Waals surface area (Å²) < 4.78 is 5.60. The van der Waals surface area contributed by atoms with E-state index in [4.69, 9.17) is 4.74 Å². The molecule has 0 aliphatic carbocycles. The van der Waals surface area contributed by atoms with E-state index in [0.717, 1.165) is 44.7 Å². The van der Waals surface area contributed by atoms with E-state index in [1.165, 1.54) is 32.4 Å². The zero-order valence-electron chi connectivity index (χ0n) is 13.3. The van der Waals surface area contributed by atoms with Crippen molar-refractivity contribution < 1.29 is 4.74 Å². The van der Waals surface area contributed by atoms with Gasteiger partial charge in [0.15, 0.2) is 5.96 Å². The van der Waals surface area contributed by atoms with Crippen molar-refractivity contribution >= 4 is 29.9 Å². The van der Waals surface area contributed by atoms with Gasteiger partial charge in [-0.15, -0.1) is 24.0 Å². The van der Waals surface area contributed by atoms with Gasteiger partial charge in [0.05, 0.1) is 6.61 Å². The lowest BCUT2D eigenvalue weighted by Gasteiger charge is -2.25. The van der Waals surface area contributed by atoms with Gasteiger partial charge < -0.3 is 19.9 Å². The van der Waals surface area contributed by atoms with Crippen LogP contribution in [-0.4, -0.2) is 75.8 Å². The van der Waals surface area contributed by atoms with Crippen molar-refractivity contribution in [1.29, 1.82) is 0 Å². The molecular formula is C15H29IN4O. The molecule has 0 radical (unpaired) electrons. The van der Waals surface area contributed by atoms with Gasteiger partial charge in [0.25, 0.3) is 0 Å². The molecule has 1 spiro atoms. The van der Waals surface area contributed by atoms with Crippen molar-refractivity contribution in [2.24, 2.45) is 16.3 Å². The summed E-state index contributed by atoms with van der Waals surface area (Å²) in [5.41, 5.74) is 0.408. The highest BCUT2D eigenvalue weighted by Gasteiger charge is 2.42. The summed E-state index contributed by atoms with van der Waals surface area (Å²) in [6, 6.07) is 0. The summed E-state index contributed by atoms with van der Waals surface area (Å²) in [5, 5.41) is 3.59. The molecule has 6 heteroatoms. The van der Waals surface area contributed by atoms with Crippen LogP contribution in [0.1, 0.15) is 19.3 Å². The van der Waals surface area contributed by atoms with Gasteiger partial charge in [-0.2, -0.15) is 0 Å². The Morgan fingerprint density at radius 1 is 1.38 bits per heavy atom. The van der Waals surface area contributed by atoms with Crippen molar-refractivity contribution in [2.75, 3.05) is 60.0 Å². The van der Waals surface area contributed by atoms with Crippen LogP contribution in [0.5, 0.6) is 0 Å². The number of nitrogens with zero attached hydrogens (tertiary/aromatic N) is 3. The molecule has 3 heterocycles. The summed E-state index contributed by atoms with van der Waals surface area (Å²) in [6.07, 6.45) is 3.77. The monoisotopic (exact) mass is 408 g/mol. The number of nitrogens with one attached hydrogen (secondary N) is 1. The highest BCUT2D eigenvalue weighted by molar-refractivity contribution is 14.0. The van der Waals surface area contributed by atoms with E-state index in [2.05, 4.69) is 27.2 Å². The Labute approximate surface area is 145 Å². The number of halogens is 1. The van der Waals surface area contributed by atoms with E-state index in [1.54, 1.807) is 0 Å².